The van der Waals surface area contributed by atoms with E-state index in [0.29, 0.717) is 24.9 Å². The third-order valence-electron chi connectivity index (χ3n) is 3.30. The molecule has 0 bridgehead atoms. The van der Waals surface area contributed by atoms with Crippen LogP contribution in [0.15, 0.2) is 24.3 Å². The van der Waals surface area contributed by atoms with Crippen molar-refractivity contribution in [1.82, 2.24) is 4.31 Å². The number of hydrogen-bond acceptors (Lipinski definition) is 4. The summed E-state index contributed by atoms with van der Waals surface area (Å²) in [5, 5.41) is 0. The van der Waals surface area contributed by atoms with E-state index in [1.807, 2.05) is 0 Å². The van der Waals surface area contributed by atoms with Crippen LogP contribution < -0.4 is 0 Å². The lowest BCUT2D eigenvalue weighted by atomic mass is 10.2. The fourth-order valence-corrected chi connectivity index (χ4v) is 4.08. The first-order chi connectivity index (χ1) is 9.44. The standard InChI is InChI=1S/C13H16FNO4S/c1-19-13(16)12-3-2-8-15(12)20(17,18)9-10-4-6-11(14)7-5-10/h4-7,12H,2-3,8-9H2,1H3. The lowest BCUT2D eigenvalue weighted by molar-refractivity contribution is -0.144. The predicted molar refractivity (Wildman–Crippen MR) is 70.8 cm³/mol. The van der Waals surface area contributed by atoms with Crippen molar-refractivity contribution in [2.24, 2.45) is 0 Å². The smallest absolute Gasteiger partial charge is 0.324 e. The van der Waals surface area contributed by atoms with Crippen LogP contribution in [0.4, 0.5) is 4.39 Å². The second kappa shape index (κ2) is 5.88. The summed E-state index contributed by atoms with van der Waals surface area (Å²) < 4.78 is 43.3. The summed E-state index contributed by atoms with van der Waals surface area (Å²) >= 11 is 0. The van der Waals surface area contributed by atoms with Gasteiger partial charge < -0.3 is 4.74 Å². The lowest BCUT2D eigenvalue weighted by Gasteiger charge is -2.22. The molecule has 0 aromatic heterocycles. The fourth-order valence-electron chi connectivity index (χ4n) is 2.32. The van der Waals surface area contributed by atoms with Crippen LogP contribution in [-0.2, 0) is 25.3 Å². The van der Waals surface area contributed by atoms with Crippen molar-refractivity contribution in [2.75, 3.05) is 13.7 Å². The molecule has 110 valence electrons. The van der Waals surface area contributed by atoms with E-state index >= 15 is 0 Å². The van der Waals surface area contributed by atoms with E-state index < -0.39 is 27.9 Å². The molecule has 20 heavy (non-hydrogen) atoms. The molecule has 0 radical (unpaired) electrons. The van der Waals surface area contributed by atoms with Gasteiger partial charge in [0.2, 0.25) is 10.0 Å². The van der Waals surface area contributed by atoms with Crippen molar-refractivity contribution in [3.63, 3.8) is 0 Å². The highest BCUT2D eigenvalue weighted by Gasteiger charge is 2.39. The van der Waals surface area contributed by atoms with Crippen molar-refractivity contribution >= 4 is 16.0 Å². The van der Waals surface area contributed by atoms with Crippen LogP contribution in [0.1, 0.15) is 18.4 Å². The molecule has 0 saturated carbocycles. The van der Waals surface area contributed by atoms with Gasteiger partial charge in [0, 0.05) is 6.54 Å². The van der Waals surface area contributed by atoms with Crippen molar-refractivity contribution in [3.8, 4) is 0 Å². The zero-order chi connectivity index (χ0) is 14.8. The van der Waals surface area contributed by atoms with Crippen molar-refractivity contribution in [2.45, 2.75) is 24.6 Å². The van der Waals surface area contributed by atoms with Gasteiger partial charge >= 0.3 is 5.97 Å². The van der Waals surface area contributed by atoms with Gasteiger partial charge in [-0.3, -0.25) is 4.79 Å². The van der Waals surface area contributed by atoms with E-state index in [9.17, 15) is 17.6 Å². The normalized spacial score (nSPS) is 20.0. The van der Waals surface area contributed by atoms with Gasteiger partial charge in [-0.1, -0.05) is 12.1 Å². The number of halogens is 1. The Labute approximate surface area is 117 Å². The molecule has 1 heterocycles. The minimum Gasteiger partial charge on any atom is -0.468 e. The Morgan fingerprint density at radius 3 is 2.65 bits per heavy atom. The summed E-state index contributed by atoms with van der Waals surface area (Å²) in [7, 11) is -2.38. The summed E-state index contributed by atoms with van der Waals surface area (Å²) in [5.74, 6) is -1.20. The first-order valence-electron chi connectivity index (χ1n) is 6.26. The molecule has 0 aliphatic carbocycles. The molecule has 5 nitrogen and oxygen atoms in total. The van der Waals surface area contributed by atoms with E-state index in [1.165, 1.54) is 35.7 Å². The number of esters is 1. The molecule has 1 unspecified atom stereocenters. The number of carbonyl (C=O) groups is 1. The van der Waals surface area contributed by atoms with Crippen LogP contribution in [0.2, 0.25) is 0 Å². The number of benzene rings is 1. The third-order valence-corrected chi connectivity index (χ3v) is 5.15. The number of carbonyl (C=O) groups excluding carboxylic acids is 1. The Morgan fingerprint density at radius 2 is 2.05 bits per heavy atom. The molecule has 0 amide bonds. The van der Waals surface area contributed by atoms with E-state index in [0.717, 1.165) is 0 Å². The first-order valence-corrected chi connectivity index (χ1v) is 7.87. The molecular formula is C13H16FNO4S. The lowest BCUT2D eigenvalue weighted by Crippen LogP contribution is -2.41. The van der Waals surface area contributed by atoms with E-state index in [2.05, 4.69) is 4.74 Å². The van der Waals surface area contributed by atoms with Gasteiger partial charge in [0.15, 0.2) is 0 Å². The number of hydrogen-bond donors (Lipinski definition) is 0. The molecule has 1 fully saturated rings. The molecule has 7 heteroatoms. The number of rotatable bonds is 4. The van der Waals surface area contributed by atoms with Crippen LogP contribution in [-0.4, -0.2) is 38.4 Å². The zero-order valence-electron chi connectivity index (χ0n) is 11.1. The highest BCUT2D eigenvalue weighted by Crippen LogP contribution is 2.24. The Kier molecular flexibility index (Phi) is 4.39. The fraction of sp³-hybridized carbons (Fsp3) is 0.462. The average molecular weight is 301 g/mol. The summed E-state index contributed by atoms with van der Waals surface area (Å²) in [5.41, 5.74) is 0.488. The Bertz CT molecular complexity index is 585. The molecule has 1 aromatic rings. The molecule has 0 spiro atoms. The van der Waals surface area contributed by atoms with E-state index in [4.69, 9.17) is 0 Å². The predicted octanol–water partition coefficient (Wildman–Crippen LogP) is 1.29. The van der Waals surface area contributed by atoms with Crippen molar-refractivity contribution in [1.29, 1.82) is 0 Å². The summed E-state index contributed by atoms with van der Waals surface area (Å²) in [6, 6.07) is 4.54. The van der Waals surface area contributed by atoms with Crippen LogP contribution in [0.5, 0.6) is 0 Å². The summed E-state index contributed by atoms with van der Waals surface area (Å²) in [6.07, 6.45) is 1.09. The molecule has 0 N–H and O–H groups in total. The molecule has 1 atom stereocenters. The third kappa shape index (κ3) is 3.16. The van der Waals surface area contributed by atoms with Gasteiger partial charge in [-0.05, 0) is 30.5 Å². The van der Waals surface area contributed by atoms with Gasteiger partial charge in [0.05, 0.1) is 12.9 Å². The van der Waals surface area contributed by atoms with E-state index in [1.54, 1.807) is 0 Å². The van der Waals surface area contributed by atoms with Crippen LogP contribution in [0.25, 0.3) is 0 Å². The van der Waals surface area contributed by atoms with Gasteiger partial charge in [-0.25, -0.2) is 12.8 Å². The first kappa shape index (κ1) is 14.9. The van der Waals surface area contributed by atoms with Gasteiger partial charge in [0.25, 0.3) is 0 Å². The summed E-state index contributed by atoms with van der Waals surface area (Å²) in [4.78, 5) is 11.6. The molecule has 1 aliphatic rings. The summed E-state index contributed by atoms with van der Waals surface area (Å²) in [6.45, 7) is 0.309. The van der Waals surface area contributed by atoms with Gasteiger partial charge in [0.1, 0.15) is 11.9 Å². The number of ether oxygens (including phenoxy) is 1. The Morgan fingerprint density at radius 1 is 1.40 bits per heavy atom. The second-order valence-electron chi connectivity index (χ2n) is 4.67. The van der Waals surface area contributed by atoms with Crippen LogP contribution in [0, 0.1) is 5.82 Å². The number of sulfonamides is 1. The molecule has 1 saturated heterocycles. The Hall–Kier alpha value is -1.47. The number of nitrogens with zero attached hydrogens (tertiary/aromatic N) is 1. The second-order valence-corrected chi connectivity index (χ2v) is 6.60. The van der Waals surface area contributed by atoms with E-state index in [-0.39, 0.29) is 5.75 Å². The number of methoxy groups -OCH3 is 1. The Balaban J connectivity index is 2.17. The maximum absolute atomic E-state index is 12.8. The average Bonchev–Trinajstić information content (AvgIpc) is 2.90. The largest absolute Gasteiger partial charge is 0.468 e. The SMILES string of the molecule is COC(=O)C1CCCN1S(=O)(=O)Cc1ccc(F)cc1. The van der Waals surface area contributed by atoms with Crippen LogP contribution >= 0.6 is 0 Å². The maximum atomic E-state index is 12.8. The minimum atomic E-state index is -3.62. The quantitative estimate of drug-likeness (QED) is 0.786. The molecule has 2 rings (SSSR count). The van der Waals surface area contributed by atoms with Crippen molar-refractivity contribution in [3.05, 3.63) is 35.6 Å². The topological polar surface area (TPSA) is 63.7 Å². The maximum Gasteiger partial charge on any atom is 0.324 e. The highest BCUT2D eigenvalue weighted by molar-refractivity contribution is 7.88. The minimum absolute atomic E-state index is 0.249. The van der Waals surface area contributed by atoms with Gasteiger partial charge in [-0.15, -0.1) is 0 Å². The van der Waals surface area contributed by atoms with Gasteiger partial charge in [-0.2, -0.15) is 4.31 Å². The monoisotopic (exact) mass is 301 g/mol. The van der Waals surface area contributed by atoms with Crippen molar-refractivity contribution < 1.29 is 22.3 Å². The zero-order valence-corrected chi connectivity index (χ0v) is 11.9. The van der Waals surface area contributed by atoms with Crippen LogP contribution in [0.3, 0.4) is 0 Å². The molecule has 1 aromatic carbocycles. The molecular weight excluding hydrogens is 285 g/mol. The molecule has 1 aliphatic heterocycles. The highest BCUT2D eigenvalue weighted by atomic mass is 32.2.